The Balaban J connectivity index is 2.14. The van der Waals surface area contributed by atoms with Gasteiger partial charge in [0.25, 0.3) is 0 Å². The molecule has 0 fully saturated rings. The maximum atomic E-state index is 13.0. The molecule has 1 heterocycles. The van der Waals surface area contributed by atoms with Gasteiger partial charge in [0, 0.05) is 6.42 Å². The SMILES string of the molecule is CCOC(=O)[C@@H](N)Cc1nc2ccc(F)cc2[nH]1. The van der Waals surface area contributed by atoms with Crippen molar-refractivity contribution in [3.63, 3.8) is 0 Å². The molecule has 1 aromatic carbocycles. The van der Waals surface area contributed by atoms with E-state index in [0.717, 1.165) is 0 Å². The molecule has 3 N–H and O–H groups in total. The van der Waals surface area contributed by atoms with E-state index in [1.165, 1.54) is 12.1 Å². The number of nitrogens with zero attached hydrogens (tertiary/aromatic N) is 1. The Bertz CT molecular complexity index is 567. The number of ether oxygens (including phenoxy) is 1. The van der Waals surface area contributed by atoms with Gasteiger partial charge in [-0.05, 0) is 25.1 Å². The molecule has 6 heteroatoms. The molecule has 0 aliphatic carbocycles. The second kappa shape index (κ2) is 5.14. The van der Waals surface area contributed by atoms with Crippen molar-refractivity contribution in [3.05, 3.63) is 29.8 Å². The number of imidazole rings is 1. The van der Waals surface area contributed by atoms with Gasteiger partial charge in [0.1, 0.15) is 17.7 Å². The highest BCUT2D eigenvalue weighted by molar-refractivity contribution is 5.77. The number of aromatic nitrogens is 2. The number of carbonyl (C=O) groups excluding carboxylic acids is 1. The molecule has 0 spiro atoms. The fraction of sp³-hybridized carbons (Fsp3) is 0.333. The van der Waals surface area contributed by atoms with Crippen LogP contribution in [0.25, 0.3) is 11.0 Å². The van der Waals surface area contributed by atoms with E-state index in [2.05, 4.69) is 9.97 Å². The van der Waals surface area contributed by atoms with E-state index in [9.17, 15) is 9.18 Å². The van der Waals surface area contributed by atoms with Gasteiger partial charge in [-0.15, -0.1) is 0 Å². The average Bonchev–Trinajstić information content (AvgIpc) is 2.70. The van der Waals surface area contributed by atoms with Crippen LogP contribution in [-0.4, -0.2) is 28.6 Å². The molecule has 1 atom stereocenters. The van der Waals surface area contributed by atoms with Crippen molar-refractivity contribution in [2.45, 2.75) is 19.4 Å². The Hall–Kier alpha value is -1.95. The zero-order valence-corrected chi connectivity index (χ0v) is 9.94. The van der Waals surface area contributed by atoms with Crippen molar-refractivity contribution in [2.75, 3.05) is 6.61 Å². The first kappa shape index (κ1) is 12.5. The van der Waals surface area contributed by atoms with Gasteiger partial charge in [-0.3, -0.25) is 4.79 Å². The predicted molar refractivity (Wildman–Crippen MR) is 64.4 cm³/mol. The molecule has 18 heavy (non-hydrogen) atoms. The number of hydrogen-bond donors (Lipinski definition) is 2. The number of nitrogens with two attached hydrogens (primary N) is 1. The van der Waals surface area contributed by atoms with Crippen LogP contribution in [0.5, 0.6) is 0 Å². The Labute approximate surface area is 103 Å². The minimum atomic E-state index is -0.768. The third kappa shape index (κ3) is 2.65. The number of halogens is 1. The summed E-state index contributed by atoms with van der Waals surface area (Å²) in [5.41, 5.74) is 6.90. The molecule has 96 valence electrons. The van der Waals surface area contributed by atoms with Crippen LogP contribution in [0.15, 0.2) is 18.2 Å². The predicted octanol–water partition coefficient (Wildman–Crippen LogP) is 1.13. The summed E-state index contributed by atoms with van der Waals surface area (Å²) in [4.78, 5) is 18.5. The number of aromatic amines is 1. The van der Waals surface area contributed by atoms with E-state index >= 15 is 0 Å². The van der Waals surface area contributed by atoms with Gasteiger partial charge < -0.3 is 15.5 Å². The molecule has 0 saturated carbocycles. The summed E-state index contributed by atoms with van der Waals surface area (Å²) < 4.78 is 17.8. The van der Waals surface area contributed by atoms with Gasteiger partial charge in [0.05, 0.1) is 17.6 Å². The van der Waals surface area contributed by atoms with Gasteiger partial charge in [-0.2, -0.15) is 0 Å². The molecule has 0 radical (unpaired) electrons. The van der Waals surface area contributed by atoms with Gasteiger partial charge in [-0.25, -0.2) is 9.37 Å². The van der Waals surface area contributed by atoms with Crippen molar-refractivity contribution in [1.29, 1.82) is 0 Å². The molecule has 0 amide bonds. The standard InChI is InChI=1S/C12H14FN3O2/c1-2-18-12(17)8(14)6-11-15-9-4-3-7(13)5-10(9)16-11/h3-5,8H,2,6,14H2,1H3,(H,15,16)/t8-/m0/s1. The number of nitrogens with one attached hydrogen (secondary N) is 1. The van der Waals surface area contributed by atoms with Gasteiger partial charge in [-0.1, -0.05) is 0 Å². The van der Waals surface area contributed by atoms with E-state index in [1.54, 1.807) is 13.0 Å². The fourth-order valence-electron chi connectivity index (χ4n) is 1.67. The molecule has 0 bridgehead atoms. The number of carbonyl (C=O) groups is 1. The Kier molecular flexibility index (Phi) is 3.57. The first-order valence-corrected chi connectivity index (χ1v) is 5.66. The Morgan fingerprint density at radius 2 is 2.39 bits per heavy atom. The van der Waals surface area contributed by atoms with Crippen LogP contribution in [0.1, 0.15) is 12.7 Å². The number of rotatable bonds is 4. The zero-order chi connectivity index (χ0) is 13.1. The van der Waals surface area contributed by atoms with E-state index in [0.29, 0.717) is 16.9 Å². The van der Waals surface area contributed by atoms with E-state index in [-0.39, 0.29) is 18.8 Å². The molecule has 0 aliphatic rings. The number of hydrogen-bond acceptors (Lipinski definition) is 4. The summed E-state index contributed by atoms with van der Waals surface area (Å²) in [5, 5.41) is 0. The van der Waals surface area contributed by atoms with E-state index < -0.39 is 12.0 Å². The van der Waals surface area contributed by atoms with Crippen molar-refractivity contribution in [3.8, 4) is 0 Å². The van der Waals surface area contributed by atoms with Crippen molar-refractivity contribution < 1.29 is 13.9 Å². The normalized spacial score (nSPS) is 12.6. The van der Waals surface area contributed by atoms with Gasteiger partial charge in [0.2, 0.25) is 0 Å². The lowest BCUT2D eigenvalue weighted by Crippen LogP contribution is -2.34. The highest BCUT2D eigenvalue weighted by Crippen LogP contribution is 2.13. The summed E-state index contributed by atoms with van der Waals surface area (Å²) in [6.07, 6.45) is 0.231. The van der Waals surface area contributed by atoms with E-state index in [1.807, 2.05) is 0 Å². The molecule has 0 aliphatic heterocycles. The van der Waals surface area contributed by atoms with Gasteiger partial charge in [0.15, 0.2) is 0 Å². The Morgan fingerprint density at radius 1 is 1.61 bits per heavy atom. The largest absolute Gasteiger partial charge is 0.465 e. The number of esters is 1. The second-order valence-corrected chi connectivity index (χ2v) is 3.91. The van der Waals surface area contributed by atoms with Gasteiger partial charge >= 0.3 is 5.97 Å². The highest BCUT2D eigenvalue weighted by Gasteiger charge is 2.17. The third-order valence-electron chi connectivity index (χ3n) is 2.50. The lowest BCUT2D eigenvalue weighted by molar-refractivity contribution is -0.144. The molecular weight excluding hydrogens is 237 g/mol. The molecule has 1 aromatic heterocycles. The lowest BCUT2D eigenvalue weighted by Gasteiger charge is -2.08. The quantitative estimate of drug-likeness (QED) is 0.798. The minimum absolute atomic E-state index is 0.231. The summed E-state index contributed by atoms with van der Waals surface area (Å²) in [6, 6.07) is 3.48. The third-order valence-corrected chi connectivity index (χ3v) is 2.50. The van der Waals surface area contributed by atoms with Crippen LogP contribution in [0.3, 0.4) is 0 Å². The summed E-state index contributed by atoms with van der Waals surface area (Å²) in [7, 11) is 0. The van der Waals surface area contributed by atoms with Crippen LogP contribution in [0, 0.1) is 5.82 Å². The lowest BCUT2D eigenvalue weighted by atomic mass is 10.2. The summed E-state index contributed by atoms with van der Waals surface area (Å²) in [5.74, 6) is -0.271. The maximum absolute atomic E-state index is 13.0. The number of fused-ring (bicyclic) bond motifs is 1. The number of H-pyrrole nitrogens is 1. The molecule has 0 saturated heterocycles. The smallest absolute Gasteiger partial charge is 0.323 e. The molecule has 2 aromatic rings. The van der Waals surface area contributed by atoms with Crippen molar-refractivity contribution >= 4 is 17.0 Å². The first-order chi connectivity index (χ1) is 8.60. The molecule has 5 nitrogen and oxygen atoms in total. The average molecular weight is 251 g/mol. The van der Waals surface area contributed by atoms with Crippen LogP contribution in [0.4, 0.5) is 4.39 Å². The van der Waals surface area contributed by atoms with Crippen LogP contribution in [0.2, 0.25) is 0 Å². The minimum Gasteiger partial charge on any atom is -0.465 e. The van der Waals surface area contributed by atoms with Crippen LogP contribution < -0.4 is 5.73 Å². The first-order valence-electron chi connectivity index (χ1n) is 5.66. The topological polar surface area (TPSA) is 81.0 Å². The summed E-state index contributed by atoms with van der Waals surface area (Å²) >= 11 is 0. The maximum Gasteiger partial charge on any atom is 0.323 e. The second-order valence-electron chi connectivity index (χ2n) is 3.91. The van der Waals surface area contributed by atoms with E-state index in [4.69, 9.17) is 10.5 Å². The Morgan fingerprint density at radius 3 is 3.11 bits per heavy atom. The van der Waals surface area contributed by atoms with Crippen LogP contribution >= 0.6 is 0 Å². The fourth-order valence-corrected chi connectivity index (χ4v) is 1.67. The van der Waals surface area contributed by atoms with Crippen molar-refractivity contribution in [1.82, 2.24) is 9.97 Å². The zero-order valence-electron chi connectivity index (χ0n) is 9.94. The van der Waals surface area contributed by atoms with Crippen LogP contribution in [-0.2, 0) is 16.0 Å². The summed E-state index contributed by atoms with van der Waals surface area (Å²) in [6.45, 7) is 2.01. The molecule has 2 rings (SSSR count). The van der Waals surface area contributed by atoms with Crippen molar-refractivity contribution in [2.24, 2.45) is 5.73 Å². The molecular formula is C12H14FN3O2. The highest BCUT2D eigenvalue weighted by atomic mass is 19.1. The number of benzene rings is 1. The monoisotopic (exact) mass is 251 g/mol. The molecule has 0 unspecified atom stereocenters.